The largest absolute Gasteiger partial charge is 0.280 e. The summed E-state index contributed by atoms with van der Waals surface area (Å²) in [5, 5.41) is 0. The molecule has 11 heavy (non-hydrogen) atoms. The maximum Gasteiger partial charge on any atom is 0.280 e. The van der Waals surface area contributed by atoms with Gasteiger partial charge in [0.25, 0.3) is 5.82 Å². The molecule has 3 radical (unpaired) electrons. The summed E-state index contributed by atoms with van der Waals surface area (Å²) in [6.45, 7) is 2.02. The molecule has 0 unspecified atom stereocenters. The first-order chi connectivity index (χ1) is 4.75. The lowest BCUT2D eigenvalue weighted by atomic mass is 10.5. The lowest BCUT2D eigenvalue weighted by molar-refractivity contribution is -0.672. The first-order valence-electron chi connectivity index (χ1n) is 3.39. The highest BCUT2D eigenvalue weighted by Gasteiger charge is 2.04. The monoisotopic (exact) mass is 148 g/mol. The fourth-order valence-corrected chi connectivity index (χ4v) is 0.986. The van der Waals surface area contributed by atoms with Crippen LogP contribution in [0.25, 0.3) is 6.08 Å². The molecule has 1 heterocycles. The second-order valence-electron chi connectivity index (χ2n) is 2.38. The van der Waals surface area contributed by atoms with Crippen molar-refractivity contribution < 1.29 is 4.57 Å². The minimum Gasteiger partial charge on any atom is -0.233 e. The number of rotatable bonds is 1. The summed E-state index contributed by atoms with van der Waals surface area (Å²) in [6.07, 6.45) is 8.19. The van der Waals surface area contributed by atoms with Crippen LogP contribution in [0.5, 0.6) is 0 Å². The van der Waals surface area contributed by atoms with Gasteiger partial charge in [-0.3, -0.25) is 0 Å². The van der Waals surface area contributed by atoms with Crippen LogP contribution < -0.4 is 4.57 Å². The van der Waals surface area contributed by atoms with Crippen LogP contribution in [0.2, 0.25) is 0 Å². The minimum absolute atomic E-state index is 0. The Morgan fingerprint density at radius 1 is 1.55 bits per heavy atom. The van der Waals surface area contributed by atoms with Gasteiger partial charge in [0.2, 0.25) is 0 Å². The average Bonchev–Trinajstić information content (AvgIpc) is 2.20. The molecule has 57 valence electrons. The van der Waals surface area contributed by atoms with Gasteiger partial charge in [-0.15, -0.1) is 0 Å². The molecule has 0 saturated carbocycles. The van der Waals surface area contributed by atoms with E-state index < -0.39 is 0 Å². The molecule has 0 aliphatic heterocycles. The van der Waals surface area contributed by atoms with Crippen molar-refractivity contribution in [1.29, 1.82) is 0 Å². The van der Waals surface area contributed by atoms with Gasteiger partial charge in [-0.05, 0) is 6.92 Å². The molecule has 1 aromatic heterocycles. The summed E-state index contributed by atoms with van der Waals surface area (Å²) in [5.41, 5.74) is 0. The Labute approximate surface area is 69.7 Å². The predicted octanol–water partition coefficient (Wildman–Crippen LogP) is 0.502. The predicted molar refractivity (Wildman–Crippen MR) is 47.1 cm³/mol. The van der Waals surface area contributed by atoms with Crippen LogP contribution in [-0.4, -0.2) is 13.0 Å². The highest BCUT2D eigenvalue weighted by molar-refractivity contribution is 5.75. The first kappa shape index (κ1) is 10.0. The lowest BCUT2D eigenvalue weighted by Crippen LogP contribution is -2.29. The molecule has 0 aliphatic rings. The zero-order valence-corrected chi connectivity index (χ0v) is 7.28. The van der Waals surface area contributed by atoms with Gasteiger partial charge in [0, 0.05) is 14.5 Å². The van der Waals surface area contributed by atoms with E-state index in [2.05, 4.69) is 15.2 Å². The van der Waals surface area contributed by atoms with Crippen LogP contribution in [0.15, 0.2) is 18.5 Å². The normalized spacial score (nSPS) is 10.1. The fourth-order valence-electron chi connectivity index (χ4n) is 0.986. The van der Waals surface area contributed by atoms with Crippen LogP contribution >= 0.6 is 0 Å². The van der Waals surface area contributed by atoms with E-state index in [9.17, 15) is 0 Å². The maximum absolute atomic E-state index is 2.08. The van der Waals surface area contributed by atoms with Gasteiger partial charge in [-0.2, -0.15) is 0 Å². The van der Waals surface area contributed by atoms with Gasteiger partial charge in [-0.1, -0.05) is 6.08 Å². The minimum atomic E-state index is 0. The van der Waals surface area contributed by atoms with Crippen LogP contribution in [-0.2, 0) is 14.1 Å². The van der Waals surface area contributed by atoms with Gasteiger partial charge in [-0.25, -0.2) is 9.13 Å². The van der Waals surface area contributed by atoms with Crippen LogP contribution in [0.3, 0.4) is 0 Å². The number of hydrogen-bond donors (Lipinski definition) is 0. The van der Waals surface area contributed by atoms with Gasteiger partial charge >= 0.3 is 0 Å². The Kier molecular flexibility index (Phi) is 3.65. The zero-order valence-electron chi connectivity index (χ0n) is 7.28. The van der Waals surface area contributed by atoms with Gasteiger partial charge in [0.05, 0.1) is 14.1 Å². The summed E-state index contributed by atoms with van der Waals surface area (Å²) in [7, 11) is 4.07. The standard InChI is InChI=1S/C8H13N2.B/c1-4-5-8-9(2)6-7-10(8)3;/h4-7H,1-3H3;/q+1;/b5-4-;. The summed E-state index contributed by atoms with van der Waals surface area (Å²) in [6, 6.07) is 0. The third kappa shape index (κ3) is 1.97. The van der Waals surface area contributed by atoms with E-state index in [1.54, 1.807) is 0 Å². The summed E-state index contributed by atoms with van der Waals surface area (Å²) in [5.74, 6) is 1.21. The van der Waals surface area contributed by atoms with Gasteiger partial charge in [0.15, 0.2) is 0 Å². The Morgan fingerprint density at radius 3 is 2.55 bits per heavy atom. The molecule has 0 atom stereocenters. The second-order valence-corrected chi connectivity index (χ2v) is 2.38. The average molecular weight is 148 g/mol. The summed E-state index contributed by atoms with van der Waals surface area (Å²) in [4.78, 5) is 0. The van der Waals surface area contributed by atoms with E-state index in [1.807, 2.05) is 39.5 Å². The molecule has 0 N–H and O–H groups in total. The molecule has 0 bridgehead atoms. The Hall–Kier alpha value is -0.985. The SMILES string of the molecule is C/C=C\c1n(C)cc[n+]1C.[B]. The number of nitrogens with zero attached hydrogens (tertiary/aromatic N) is 2. The highest BCUT2D eigenvalue weighted by Crippen LogP contribution is 1.92. The summed E-state index contributed by atoms with van der Waals surface area (Å²) >= 11 is 0. The molecule has 2 nitrogen and oxygen atoms in total. The van der Waals surface area contributed by atoms with E-state index in [4.69, 9.17) is 0 Å². The number of aryl methyl sites for hydroxylation is 2. The quantitative estimate of drug-likeness (QED) is 0.405. The lowest BCUT2D eigenvalue weighted by Gasteiger charge is -1.87. The number of imidazole rings is 1. The smallest absolute Gasteiger partial charge is 0.233 e. The second kappa shape index (κ2) is 4.01. The number of hydrogen-bond acceptors (Lipinski definition) is 0. The Morgan fingerprint density at radius 2 is 2.18 bits per heavy atom. The fraction of sp³-hybridized carbons (Fsp3) is 0.375. The molecule has 0 spiro atoms. The van der Waals surface area contributed by atoms with Crippen molar-refractivity contribution in [2.24, 2.45) is 14.1 Å². The molecule has 0 aliphatic carbocycles. The maximum atomic E-state index is 2.08. The molecular weight excluding hydrogens is 135 g/mol. The van der Waals surface area contributed by atoms with Crippen molar-refractivity contribution in [3.8, 4) is 0 Å². The van der Waals surface area contributed by atoms with Crippen molar-refractivity contribution in [1.82, 2.24) is 4.57 Å². The molecule has 1 rings (SSSR count). The molecule has 0 saturated heterocycles. The highest BCUT2D eigenvalue weighted by atomic mass is 15.1. The van der Waals surface area contributed by atoms with Crippen molar-refractivity contribution in [2.45, 2.75) is 6.92 Å². The van der Waals surface area contributed by atoms with Crippen molar-refractivity contribution in [2.75, 3.05) is 0 Å². The Balaban J connectivity index is 0.000001000. The molecule has 3 heteroatoms. The Bertz CT molecular complexity index is 231. The molecular formula is C8H13BN2+. The zero-order chi connectivity index (χ0) is 7.56. The van der Waals surface area contributed by atoms with Crippen molar-refractivity contribution >= 4 is 14.5 Å². The molecule has 0 fully saturated rings. The first-order valence-corrected chi connectivity index (χ1v) is 3.39. The van der Waals surface area contributed by atoms with Gasteiger partial charge in [0.1, 0.15) is 12.4 Å². The van der Waals surface area contributed by atoms with Crippen molar-refractivity contribution in [3.05, 3.63) is 24.3 Å². The van der Waals surface area contributed by atoms with E-state index >= 15 is 0 Å². The van der Waals surface area contributed by atoms with E-state index in [1.165, 1.54) is 5.82 Å². The third-order valence-corrected chi connectivity index (χ3v) is 1.55. The van der Waals surface area contributed by atoms with E-state index in [0.717, 1.165) is 0 Å². The van der Waals surface area contributed by atoms with Crippen molar-refractivity contribution in [3.63, 3.8) is 0 Å². The number of aromatic nitrogens is 2. The van der Waals surface area contributed by atoms with Crippen LogP contribution in [0.4, 0.5) is 0 Å². The number of allylic oxidation sites excluding steroid dienone is 1. The van der Waals surface area contributed by atoms with E-state index in [0.29, 0.717) is 0 Å². The molecule has 1 aromatic rings. The molecule has 0 amide bonds. The van der Waals surface area contributed by atoms with E-state index in [-0.39, 0.29) is 8.41 Å². The van der Waals surface area contributed by atoms with Gasteiger partial charge < -0.3 is 0 Å². The van der Waals surface area contributed by atoms with Crippen LogP contribution in [0.1, 0.15) is 12.7 Å². The molecule has 0 aromatic carbocycles. The third-order valence-electron chi connectivity index (χ3n) is 1.55. The summed E-state index contributed by atoms with van der Waals surface area (Å²) < 4.78 is 4.17. The topological polar surface area (TPSA) is 8.81 Å². The van der Waals surface area contributed by atoms with Crippen LogP contribution in [0, 0.1) is 0 Å².